The van der Waals surface area contributed by atoms with Gasteiger partial charge in [0, 0.05) is 53.5 Å². The lowest BCUT2D eigenvalue weighted by Gasteiger charge is -2.23. The Hall–Kier alpha value is -2.47. The minimum absolute atomic E-state index is 0.724. The smallest absolute Gasteiger partial charge is 0.139 e. The molecule has 3 aromatic rings. The van der Waals surface area contributed by atoms with Crippen LogP contribution < -0.4 is 10.6 Å². The molecule has 0 unspecified atom stereocenters. The van der Waals surface area contributed by atoms with E-state index in [2.05, 4.69) is 30.6 Å². The Labute approximate surface area is 134 Å². The van der Waals surface area contributed by atoms with Gasteiger partial charge in [-0.25, -0.2) is 15.0 Å². The van der Waals surface area contributed by atoms with Crippen LogP contribution in [0.5, 0.6) is 0 Å². The quantitative estimate of drug-likeness (QED) is 0.690. The highest BCUT2D eigenvalue weighted by atomic mass is 14.9. The number of aromatic amines is 1. The van der Waals surface area contributed by atoms with Gasteiger partial charge in [0.1, 0.15) is 12.0 Å². The van der Waals surface area contributed by atoms with Gasteiger partial charge in [0.15, 0.2) is 0 Å². The van der Waals surface area contributed by atoms with E-state index >= 15 is 0 Å². The number of fused-ring (bicyclic) bond motifs is 1. The number of nitrogens with zero attached hydrogens (tertiary/aromatic N) is 3. The monoisotopic (exact) mass is 308 g/mol. The van der Waals surface area contributed by atoms with Crippen molar-refractivity contribution in [2.24, 2.45) is 5.92 Å². The Kier molecular flexibility index (Phi) is 3.90. The lowest BCUT2D eigenvalue weighted by atomic mass is 9.98. The fourth-order valence-corrected chi connectivity index (χ4v) is 3.21. The van der Waals surface area contributed by atoms with E-state index in [1.54, 1.807) is 6.33 Å². The van der Waals surface area contributed by atoms with Crippen LogP contribution in [0.2, 0.25) is 0 Å². The minimum atomic E-state index is 0.724. The number of hydrogen-bond donors (Lipinski definition) is 3. The Morgan fingerprint density at radius 3 is 2.83 bits per heavy atom. The van der Waals surface area contributed by atoms with Gasteiger partial charge >= 0.3 is 0 Å². The zero-order valence-corrected chi connectivity index (χ0v) is 12.9. The van der Waals surface area contributed by atoms with E-state index in [-0.39, 0.29) is 0 Å². The number of H-pyrrole nitrogens is 1. The van der Waals surface area contributed by atoms with Crippen molar-refractivity contribution in [2.75, 3.05) is 25.0 Å². The number of pyridine rings is 1. The maximum atomic E-state index is 4.44. The molecule has 0 spiro atoms. The van der Waals surface area contributed by atoms with Crippen molar-refractivity contribution in [3.05, 3.63) is 37.2 Å². The average molecular weight is 308 g/mol. The molecule has 6 heteroatoms. The van der Waals surface area contributed by atoms with Crippen molar-refractivity contribution in [3.63, 3.8) is 0 Å². The fraction of sp³-hybridized carbons (Fsp3) is 0.353. The molecule has 23 heavy (non-hydrogen) atoms. The number of anilines is 1. The molecule has 118 valence electrons. The van der Waals surface area contributed by atoms with Crippen LogP contribution in [0.25, 0.3) is 22.2 Å². The summed E-state index contributed by atoms with van der Waals surface area (Å²) in [7, 11) is 0. The summed E-state index contributed by atoms with van der Waals surface area (Å²) in [5.74, 6) is 0.724. The molecule has 0 atom stereocenters. The summed E-state index contributed by atoms with van der Waals surface area (Å²) in [5.41, 5.74) is 4.09. The fourth-order valence-electron chi connectivity index (χ4n) is 3.21. The van der Waals surface area contributed by atoms with E-state index in [1.807, 2.05) is 30.9 Å². The molecule has 0 aliphatic carbocycles. The molecule has 6 nitrogen and oxygen atoms in total. The predicted molar refractivity (Wildman–Crippen MR) is 91.2 cm³/mol. The predicted octanol–water partition coefficient (Wildman–Crippen LogP) is 2.43. The largest absolute Gasteiger partial charge is 0.384 e. The van der Waals surface area contributed by atoms with Crippen LogP contribution in [0.15, 0.2) is 37.2 Å². The van der Waals surface area contributed by atoms with Gasteiger partial charge in [-0.1, -0.05) is 0 Å². The summed E-state index contributed by atoms with van der Waals surface area (Å²) in [6.07, 6.45) is 11.5. The van der Waals surface area contributed by atoms with E-state index in [4.69, 9.17) is 0 Å². The molecule has 0 aromatic carbocycles. The summed E-state index contributed by atoms with van der Waals surface area (Å²) in [4.78, 5) is 15.9. The van der Waals surface area contributed by atoms with Crippen molar-refractivity contribution < 1.29 is 0 Å². The summed E-state index contributed by atoms with van der Waals surface area (Å²) in [6, 6.07) is 2.05. The highest BCUT2D eigenvalue weighted by Gasteiger charge is 2.15. The van der Waals surface area contributed by atoms with Gasteiger partial charge in [0.2, 0.25) is 0 Å². The van der Waals surface area contributed by atoms with E-state index in [1.165, 1.54) is 12.8 Å². The first-order valence-corrected chi connectivity index (χ1v) is 8.08. The van der Waals surface area contributed by atoms with Crippen LogP contribution in [0, 0.1) is 5.92 Å². The molecule has 0 radical (unpaired) electrons. The minimum Gasteiger partial charge on any atom is -0.384 e. The van der Waals surface area contributed by atoms with Gasteiger partial charge in [0.05, 0.1) is 0 Å². The Balaban J connectivity index is 1.65. The van der Waals surface area contributed by atoms with Gasteiger partial charge in [0.25, 0.3) is 0 Å². The number of aromatic nitrogens is 4. The second-order valence-corrected chi connectivity index (χ2v) is 5.99. The highest BCUT2D eigenvalue weighted by molar-refractivity contribution is 6.01. The lowest BCUT2D eigenvalue weighted by Crippen LogP contribution is -2.31. The van der Waals surface area contributed by atoms with Gasteiger partial charge < -0.3 is 15.6 Å². The van der Waals surface area contributed by atoms with Crippen molar-refractivity contribution in [1.29, 1.82) is 0 Å². The first kappa shape index (κ1) is 14.1. The average Bonchev–Trinajstić information content (AvgIpc) is 3.06. The second-order valence-electron chi connectivity index (χ2n) is 5.99. The van der Waals surface area contributed by atoms with Crippen LogP contribution in [0.4, 0.5) is 5.69 Å². The Morgan fingerprint density at radius 2 is 2.00 bits per heavy atom. The first-order valence-electron chi connectivity index (χ1n) is 8.08. The number of rotatable bonds is 4. The highest BCUT2D eigenvalue weighted by Crippen LogP contribution is 2.32. The summed E-state index contributed by atoms with van der Waals surface area (Å²) >= 11 is 0. The van der Waals surface area contributed by atoms with Gasteiger partial charge in [-0.05, 0) is 37.9 Å². The maximum Gasteiger partial charge on any atom is 0.139 e. The van der Waals surface area contributed by atoms with E-state index < -0.39 is 0 Å². The van der Waals surface area contributed by atoms with E-state index in [0.717, 1.165) is 53.4 Å². The van der Waals surface area contributed by atoms with Gasteiger partial charge in [-0.15, -0.1) is 0 Å². The molecule has 0 bridgehead atoms. The van der Waals surface area contributed by atoms with Crippen molar-refractivity contribution in [2.45, 2.75) is 12.8 Å². The Morgan fingerprint density at radius 1 is 1.17 bits per heavy atom. The molecular weight excluding hydrogens is 288 g/mol. The molecule has 3 aromatic heterocycles. The van der Waals surface area contributed by atoms with E-state index in [0.29, 0.717) is 0 Å². The lowest BCUT2D eigenvalue weighted by molar-refractivity contribution is 0.390. The summed E-state index contributed by atoms with van der Waals surface area (Å²) in [5, 5.41) is 8.15. The SMILES string of the molecule is c1ncc(-c2c[nH]c3nccc(NCC4CCNCC4)c23)cn1. The third kappa shape index (κ3) is 2.90. The Bertz CT molecular complexity index is 776. The van der Waals surface area contributed by atoms with Crippen molar-refractivity contribution >= 4 is 16.7 Å². The molecule has 3 N–H and O–H groups in total. The second kappa shape index (κ2) is 6.34. The molecule has 1 aliphatic heterocycles. The zero-order valence-electron chi connectivity index (χ0n) is 12.9. The van der Waals surface area contributed by atoms with Crippen molar-refractivity contribution in [1.82, 2.24) is 25.3 Å². The number of nitrogens with one attached hydrogen (secondary N) is 3. The molecule has 0 amide bonds. The van der Waals surface area contributed by atoms with Crippen LogP contribution in [0.1, 0.15) is 12.8 Å². The van der Waals surface area contributed by atoms with Gasteiger partial charge in [-0.3, -0.25) is 0 Å². The summed E-state index contributed by atoms with van der Waals surface area (Å²) < 4.78 is 0. The zero-order chi connectivity index (χ0) is 15.5. The molecule has 1 fully saturated rings. The third-order valence-electron chi connectivity index (χ3n) is 4.49. The molecule has 1 saturated heterocycles. The van der Waals surface area contributed by atoms with Crippen molar-refractivity contribution in [3.8, 4) is 11.1 Å². The third-order valence-corrected chi connectivity index (χ3v) is 4.49. The van der Waals surface area contributed by atoms with Gasteiger partial charge in [-0.2, -0.15) is 0 Å². The number of hydrogen-bond acceptors (Lipinski definition) is 5. The first-order chi connectivity index (χ1) is 11.4. The topological polar surface area (TPSA) is 78.5 Å². The maximum absolute atomic E-state index is 4.44. The molecular formula is C17H20N6. The molecule has 4 heterocycles. The number of piperidine rings is 1. The van der Waals surface area contributed by atoms with E-state index in [9.17, 15) is 0 Å². The van der Waals surface area contributed by atoms with Crippen LogP contribution in [-0.2, 0) is 0 Å². The molecule has 0 saturated carbocycles. The van der Waals surface area contributed by atoms with Crippen LogP contribution in [0.3, 0.4) is 0 Å². The normalized spacial score (nSPS) is 15.8. The standard InChI is InChI=1S/C17H20N6/c1-4-18-5-2-12(1)7-22-15-3-6-21-17-16(15)14(10-23-17)13-8-19-11-20-9-13/h3,6,8-12,18H,1-2,4-5,7H2,(H2,21,22,23). The van der Waals surface area contributed by atoms with Crippen LogP contribution in [-0.4, -0.2) is 39.6 Å². The van der Waals surface area contributed by atoms with Crippen LogP contribution >= 0.6 is 0 Å². The summed E-state index contributed by atoms with van der Waals surface area (Å²) in [6.45, 7) is 3.24. The molecule has 4 rings (SSSR count). The molecule has 1 aliphatic rings.